The lowest BCUT2D eigenvalue weighted by molar-refractivity contribution is 0.665. The second kappa shape index (κ2) is 15.6. The van der Waals surface area contributed by atoms with Crippen LogP contribution in [0.4, 0.5) is 0 Å². The summed E-state index contributed by atoms with van der Waals surface area (Å²) in [6.45, 7) is 0. The second-order valence-corrected chi connectivity index (χ2v) is 17.5. The van der Waals surface area contributed by atoms with Crippen molar-refractivity contribution in [2.75, 3.05) is 0 Å². The summed E-state index contributed by atoms with van der Waals surface area (Å²) in [7, 11) is 0. The van der Waals surface area contributed by atoms with E-state index in [9.17, 15) is 0 Å². The fraction of sp³-hybridized carbons (Fsp3) is 0. The van der Waals surface area contributed by atoms with Gasteiger partial charge in [-0.3, -0.25) is 0 Å². The lowest BCUT2D eigenvalue weighted by Crippen LogP contribution is -2.00. The molecule has 14 rings (SSSR count). The summed E-state index contributed by atoms with van der Waals surface area (Å²) < 4.78 is 16.3. The highest BCUT2D eigenvalue weighted by molar-refractivity contribution is 6.20. The Hall–Kier alpha value is -9.39. The van der Waals surface area contributed by atoms with Gasteiger partial charge in [-0.15, -0.1) is 0 Å². The molecule has 10 aromatic carbocycles. The van der Waals surface area contributed by atoms with E-state index in [0.717, 1.165) is 99.5 Å². The molecule has 14 aromatic rings. The van der Waals surface area contributed by atoms with Crippen LogP contribution in [0, 0.1) is 0 Å². The normalized spacial score (nSPS) is 11.8. The number of nitrogens with zero attached hydrogens (tertiary/aromatic N) is 4. The van der Waals surface area contributed by atoms with Crippen LogP contribution >= 0.6 is 0 Å². The van der Waals surface area contributed by atoms with Crippen molar-refractivity contribution in [2.45, 2.75) is 0 Å². The standard InChI is InChI=1S/C63H38N4O2/c1-4-17-39(18-5-1)42-35-36-53-51(38-42)46-25-10-11-31-52(46)67(53)54-32-16-34-56-58(54)50-30-14-28-48(60(50)69-56)47-27-13-29-49-57-45(26-15-33-55(57)68-59(47)49)43-23-12-24-44(37-43)63-65-61(40-19-6-2-7-20-40)64-62(66-63)41-21-8-3-9-22-41/h1-38H. The molecule has 0 atom stereocenters. The van der Waals surface area contributed by atoms with Crippen LogP contribution < -0.4 is 0 Å². The van der Waals surface area contributed by atoms with Gasteiger partial charge < -0.3 is 13.4 Å². The summed E-state index contributed by atoms with van der Waals surface area (Å²) >= 11 is 0. The first-order valence-electron chi connectivity index (χ1n) is 23.2. The van der Waals surface area contributed by atoms with Crippen molar-refractivity contribution in [1.82, 2.24) is 19.5 Å². The Bertz CT molecular complexity index is 4250. The maximum Gasteiger partial charge on any atom is 0.164 e. The first-order chi connectivity index (χ1) is 34.2. The van der Waals surface area contributed by atoms with Crippen molar-refractivity contribution >= 4 is 65.7 Å². The van der Waals surface area contributed by atoms with Crippen LogP contribution in [-0.4, -0.2) is 19.5 Å². The topological polar surface area (TPSA) is 69.9 Å². The molecule has 4 aromatic heterocycles. The van der Waals surface area contributed by atoms with Crippen LogP contribution in [0.1, 0.15) is 0 Å². The molecule has 6 heteroatoms. The molecule has 0 radical (unpaired) electrons. The first-order valence-corrected chi connectivity index (χ1v) is 23.2. The third-order valence-electron chi connectivity index (χ3n) is 13.5. The van der Waals surface area contributed by atoms with Crippen molar-refractivity contribution in [3.05, 3.63) is 231 Å². The van der Waals surface area contributed by atoms with Gasteiger partial charge in [0.2, 0.25) is 0 Å². The molecule has 0 aliphatic heterocycles. The average Bonchev–Trinajstić information content (AvgIpc) is 4.11. The zero-order chi connectivity index (χ0) is 45.4. The summed E-state index contributed by atoms with van der Waals surface area (Å²) in [4.78, 5) is 15.0. The predicted octanol–water partition coefficient (Wildman–Crippen LogP) is 16.8. The van der Waals surface area contributed by atoms with Gasteiger partial charge in [0.1, 0.15) is 22.3 Å². The van der Waals surface area contributed by atoms with Gasteiger partial charge in [-0.2, -0.15) is 0 Å². The lowest BCUT2D eigenvalue weighted by atomic mass is 9.96. The zero-order valence-corrected chi connectivity index (χ0v) is 37.0. The van der Waals surface area contributed by atoms with Crippen LogP contribution in [0.15, 0.2) is 239 Å². The van der Waals surface area contributed by atoms with Gasteiger partial charge in [0.05, 0.1) is 22.1 Å². The minimum absolute atomic E-state index is 0.605. The Morgan fingerprint density at radius 1 is 0.290 bits per heavy atom. The first kappa shape index (κ1) is 38.8. The second-order valence-electron chi connectivity index (χ2n) is 17.5. The number of hydrogen-bond acceptors (Lipinski definition) is 5. The molecule has 0 saturated heterocycles. The van der Waals surface area contributed by atoms with Gasteiger partial charge in [-0.25, -0.2) is 15.0 Å². The van der Waals surface area contributed by atoms with Crippen molar-refractivity contribution in [1.29, 1.82) is 0 Å². The molecule has 322 valence electrons. The molecular weight excluding hydrogens is 845 g/mol. The van der Waals surface area contributed by atoms with E-state index in [-0.39, 0.29) is 0 Å². The van der Waals surface area contributed by atoms with Gasteiger partial charge in [-0.1, -0.05) is 188 Å². The molecule has 0 unspecified atom stereocenters. The average molecular weight is 883 g/mol. The van der Waals surface area contributed by atoms with Crippen LogP contribution in [-0.2, 0) is 0 Å². The van der Waals surface area contributed by atoms with Crippen LogP contribution in [0.2, 0.25) is 0 Å². The van der Waals surface area contributed by atoms with Gasteiger partial charge in [0.15, 0.2) is 17.5 Å². The number of furan rings is 2. The molecule has 0 N–H and O–H groups in total. The largest absolute Gasteiger partial charge is 0.455 e. The number of benzene rings is 10. The summed E-state index contributed by atoms with van der Waals surface area (Å²) in [5, 5.41) is 6.58. The Morgan fingerprint density at radius 2 is 0.768 bits per heavy atom. The summed E-state index contributed by atoms with van der Waals surface area (Å²) in [5.74, 6) is 1.86. The van der Waals surface area contributed by atoms with Crippen LogP contribution in [0.3, 0.4) is 0 Å². The van der Waals surface area contributed by atoms with Crippen LogP contribution in [0.25, 0.3) is 139 Å². The van der Waals surface area contributed by atoms with Gasteiger partial charge in [0.25, 0.3) is 0 Å². The van der Waals surface area contributed by atoms with Gasteiger partial charge in [-0.05, 0) is 64.7 Å². The highest BCUT2D eigenvalue weighted by Crippen LogP contribution is 2.46. The van der Waals surface area contributed by atoms with E-state index in [0.29, 0.717) is 17.5 Å². The quantitative estimate of drug-likeness (QED) is 0.159. The van der Waals surface area contributed by atoms with Crippen molar-refractivity contribution < 1.29 is 8.83 Å². The van der Waals surface area contributed by atoms with E-state index in [1.165, 1.54) is 21.9 Å². The van der Waals surface area contributed by atoms with E-state index in [1.54, 1.807) is 0 Å². The van der Waals surface area contributed by atoms with Crippen molar-refractivity contribution in [3.63, 3.8) is 0 Å². The molecule has 4 heterocycles. The summed E-state index contributed by atoms with van der Waals surface area (Å²) in [6.07, 6.45) is 0. The Kier molecular flexibility index (Phi) is 8.79. The number of aromatic nitrogens is 4. The molecule has 0 bridgehead atoms. The minimum atomic E-state index is 0.605. The van der Waals surface area contributed by atoms with Crippen molar-refractivity contribution in [2.24, 2.45) is 0 Å². The molecule has 0 amide bonds. The number of hydrogen-bond donors (Lipinski definition) is 0. The maximum atomic E-state index is 6.95. The molecule has 0 aliphatic carbocycles. The maximum absolute atomic E-state index is 6.95. The van der Waals surface area contributed by atoms with Crippen molar-refractivity contribution in [3.8, 4) is 73.2 Å². The van der Waals surface area contributed by atoms with Gasteiger partial charge in [0, 0.05) is 54.7 Å². The summed E-state index contributed by atoms with van der Waals surface area (Å²) in [6, 6.07) is 80.2. The fourth-order valence-corrected chi connectivity index (χ4v) is 10.3. The molecule has 69 heavy (non-hydrogen) atoms. The van der Waals surface area contributed by atoms with E-state index in [4.69, 9.17) is 23.8 Å². The molecule has 0 spiro atoms. The van der Waals surface area contributed by atoms with E-state index < -0.39 is 0 Å². The highest BCUT2D eigenvalue weighted by atomic mass is 16.3. The smallest absolute Gasteiger partial charge is 0.164 e. The summed E-state index contributed by atoms with van der Waals surface area (Å²) in [5.41, 5.74) is 15.8. The molecule has 6 nitrogen and oxygen atoms in total. The zero-order valence-electron chi connectivity index (χ0n) is 37.0. The van der Waals surface area contributed by atoms with E-state index >= 15 is 0 Å². The lowest BCUT2D eigenvalue weighted by Gasteiger charge is -2.10. The van der Waals surface area contributed by atoms with E-state index in [1.807, 2.05) is 60.7 Å². The third kappa shape index (κ3) is 6.30. The monoisotopic (exact) mass is 882 g/mol. The number of fused-ring (bicyclic) bond motifs is 9. The van der Waals surface area contributed by atoms with Crippen LogP contribution in [0.5, 0.6) is 0 Å². The molecule has 0 saturated carbocycles. The molecule has 0 aliphatic rings. The SMILES string of the molecule is c1ccc(-c2ccc3c(c2)c2ccccc2n3-c2cccc3oc4c(-c5cccc6c5oc5cccc(-c7cccc(-c8nc(-c9ccccc9)nc(-c9ccccc9)n8)c7)c56)cccc4c23)cc1. The Morgan fingerprint density at radius 3 is 1.45 bits per heavy atom. The molecule has 0 fully saturated rings. The third-order valence-corrected chi connectivity index (χ3v) is 13.5. The Labute approximate surface area is 396 Å². The predicted molar refractivity (Wildman–Crippen MR) is 281 cm³/mol. The minimum Gasteiger partial charge on any atom is -0.455 e. The fourth-order valence-electron chi connectivity index (χ4n) is 10.3. The highest BCUT2D eigenvalue weighted by Gasteiger charge is 2.23. The van der Waals surface area contributed by atoms with E-state index in [2.05, 4.69) is 174 Å². The van der Waals surface area contributed by atoms with Gasteiger partial charge >= 0.3 is 0 Å². The Balaban J connectivity index is 0.907. The number of para-hydroxylation sites is 3. The number of rotatable bonds is 7. The molecular formula is C63H38N4O2.